The summed E-state index contributed by atoms with van der Waals surface area (Å²) in [5.41, 5.74) is 0.905. The Labute approximate surface area is 151 Å². The van der Waals surface area contributed by atoms with Crippen molar-refractivity contribution in [1.29, 1.82) is 0 Å². The Bertz CT molecular complexity index is 778. The van der Waals surface area contributed by atoms with Crippen LogP contribution >= 0.6 is 0 Å². The molecule has 1 N–H and O–H groups in total. The van der Waals surface area contributed by atoms with Crippen LogP contribution in [0, 0.1) is 11.7 Å². The Balaban J connectivity index is 1.71. The van der Waals surface area contributed by atoms with E-state index in [0.717, 1.165) is 5.56 Å². The fraction of sp³-hybridized carbons (Fsp3) is 0.300. The number of ether oxygens (including phenoxy) is 1. The van der Waals surface area contributed by atoms with Crippen LogP contribution in [0.15, 0.2) is 54.6 Å². The molecule has 1 heterocycles. The van der Waals surface area contributed by atoms with Crippen molar-refractivity contribution in [3.8, 4) is 5.75 Å². The number of carbonyl (C=O) groups excluding carboxylic acids is 1. The summed E-state index contributed by atoms with van der Waals surface area (Å²) in [6, 6.07) is 14.8. The average Bonchev–Trinajstić information content (AvgIpc) is 3.09. The number of carbonyl (C=O) groups is 2. The van der Waals surface area contributed by atoms with E-state index in [1.807, 2.05) is 30.3 Å². The highest BCUT2D eigenvalue weighted by Gasteiger charge is 2.41. The lowest BCUT2D eigenvalue weighted by Crippen LogP contribution is -2.39. The third-order valence-corrected chi connectivity index (χ3v) is 4.65. The Morgan fingerprint density at radius 2 is 1.77 bits per heavy atom. The van der Waals surface area contributed by atoms with Gasteiger partial charge in [-0.15, -0.1) is 0 Å². The van der Waals surface area contributed by atoms with Crippen molar-refractivity contribution in [3.05, 3.63) is 66.0 Å². The molecule has 0 radical (unpaired) electrons. The molecule has 5 nitrogen and oxygen atoms in total. The van der Waals surface area contributed by atoms with Crippen LogP contribution in [-0.4, -0.2) is 41.1 Å². The lowest BCUT2D eigenvalue weighted by Gasteiger charge is -2.22. The molecular formula is C20H20FNO4. The molecule has 1 amide bonds. The van der Waals surface area contributed by atoms with Gasteiger partial charge >= 0.3 is 5.97 Å². The van der Waals surface area contributed by atoms with E-state index < -0.39 is 18.0 Å². The summed E-state index contributed by atoms with van der Waals surface area (Å²) in [7, 11) is 0. The number of halogens is 1. The van der Waals surface area contributed by atoms with Crippen LogP contribution in [0.1, 0.15) is 18.4 Å². The second-order valence-electron chi connectivity index (χ2n) is 6.42. The first-order valence-corrected chi connectivity index (χ1v) is 8.44. The molecule has 2 aromatic rings. The van der Waals surface area contributed by atoms with Gasteiger partial charge in [-0.05, 0) is 36.8 Å². The van der Waals surface area contributed by atoms with E-state index in [1.54, 1.807) is 6.92 Å². The molecule has 136 valence electrons. The van der Waals surface area contributed by atoms with Gasteiger partial charge in [0.15, 0.2) is 6.10 Å². The zero-order valence-electron chi connectivity index (χ0n) is 14.3. The Morgan fingerprint density at radius 3 is 2.38 bits per heavy atom. The first-order chi connectivity index (χ1) is 12.5. The second kappa shape index (κ2) is 7.56. The number of aliphatic carboxylic acids is 1. The zero-order chi connectivity index (χ0) is 18.7. The fourth-order valence-electron chi connectivity index (χ4n) is 3.30. The first-order valence-electron chi connectivity index (χ1n) is 8.44. The maximum Gasteiger partial charge on any atom is 0.308 e. The topological polar surface area (TPSA) is 66.8 Å². The normalized spacial score (nSPS) is 20.6. The molecule has 0 aliphatic carbocycles. The van der Waals surface area contributed by atoms with Crippen molar-refractivity contribution in [2.24, 2.45) is 5.92 Å². The highest BCUT2D eigenvalue weighted by atomic mass is 19.1. The Morgan fingerprint density at radius 1 is 1.12 bits per heavy atom. The maximum absolute atomic E-state index is 13.0. The number of nitrogens with zero attached hydrogens (tertiary/aromatic N) is 1. The molecule has 0 bridgehead atoms. The molecule has 26 heavy (non-hydrogen) atoms. The van der Waals surface area contributed by atoms with Crippen LogP contribution in [0.25, 0.3) is 0 Å². The summed E-state index contributed by atoms with van der Waals surface area (Å²) in [5.74, 6) is -2.10. The molecule has 1 fully saturated rings. The molecule has 3 atom stereocenters. The largest absolute Gasteiger partial charge is 0.481 e. The van der Waals surface area contributed by atoms with Gasteiger partial charge in [-0.25, -0.2) is 4.39 Å². The van der Waals surface area contributed by atoms with Crippen molar-refractivity contribution in [1.82, 2.24) is 4.90 Å². The molecule has 1 saturated heterocycles. The Hall–Kier alpha value is -2.89. The van der Waals surface area contributed by atoms with Crippen molar-refractivity contribution < 1.29 is 23.8 Å². The smallest absolute Gasteiger partial charge is 0.308 e. The van der Waals surface area contributed by atoms with Crippen LogP contribution in [0.5, 0.6) is 5.75 Å². The van der Waals surface area contributed by atoms with Crippen molar-refractivity contribution in [3.63, 3.8) is 0 Å². The summed E-state index contributed by atoms with van der Waals surface area (Å²) in [6.45, 7) is 2.08. The molecule has 2 aromatic carbocycles. The van der Waals surface area contributed by atoms with Gasteiger partial charge in [-0.3, -0.25) is 9.59 Å². The van der Waals surface area contributed by atoms with Gasteiger partial charge in [-0.2, -0.15) is 0 Å². The highest BCUT2D eigenvalue weighted by molar-refractivity contribution is 5.83. The van der Waals surface area contributed by atoms with Crippen molar-refractivity contribution >= 4 is 11.9 Å². The monoisotopic (exact) mass is 357 g/mol. The molecule has 1 aliphatic rings. The predicted octanol–water partition coefficient (Wildman–Crippen LogP) is 2.92. The van der Waals surface area contributed by atoms with E-state index >= 15 is 0 Å². The van der Waals surface area contributed by atoms with Crippen LogP contribution in [0.4, 0.5) is 4.39 Å². The minimum Gasteiger partial charge on any atom is -0.481 e. The molecule has 6 heteroatoms. The van der Waals surface area contributed by atoms with Gasteiger partial charge in [0.2, 0.25) is 0 Å². The molecule has 0 spiro atoms. The lowest BCUT2D eigenvalue weighted by molar-refractivity contribution is -0.142. The van der Waals surface area contributed by atoms with E-state index in [9.17, 15) is 19.1 Å². The molecule has 1 unspecified atom stereocenters. The second-order valence-corrected chi connectivity index (χ2v) is 6.42. The van der Waals surface area contributed by atoms with Gasteiger partial charge in [0.25, 0.3) is 5.91 Å². The minimum atomic E-state index is -0.916. The SMILES string of the molecule is CC(Oc1ccc(F)cc1)C(=O)N1C[C@H](C(=O)O)[C@H](c2ccccc2)C1. The van der Waals surface area contributed by atoms with Crippen LogP contribution in [-0.2, 0) is 9.59 Å². The summed E-state index contributed by atoms with van der Waals surface area (Å²) in [5, 5.41) is 9.54. The van der Waals surface area contributed by atoms with E-state index in [0.29, 0.717) is 12.3 Å². The summed E-state index contributed by atoms with van der Waals surface area (Å²) >= 11 is 0. The van der Waals surface area contributed by atoms with Crippen molar-refractivity contribution in [2.45, 2.75) is 18.9 Å². The standard InChI is InChI=1S/C20H20FNO4/c1-13(26-16-9-7-15(21)8-10-16)19(23)22-11-17(18(12-22)20(24)25)14-5-3-2-4-6-14/h2-10,13,17-18H,11-12H2,1H3,(H,24,25)/t13?,17-,18-/m0/s1. The van der Waals surface area contributed by atoms with Crippen LogP contribution < -0.4 is 4.74 Å². The number of hydrogen-bond donors (Lipinski definition) is 1. The summed E-state index contributed by atoms with van der Waals surface area (Å²) < 4.78 is 18.5. The van der Waals surface area contributed by atoms with Gasteiger partial charge in [0, 0.05) is 19.0 Å². The van der Waals surface area contributed by atoms with Crippen LogP contribution in [0.3, 0.4) is 0 Å². The fourth-order valence-corrected chi connectivity index (χ4v) is 3.30. The van der Waals surface area contributed by atoms with E-state index in [2.05, 4.69) is 0 Å². The molecule has 0 aromatic heterocycles. The first kappa shape index (κ1) is 17.9. The molecule has 3 rings (SSSR count). The van der Waals surface area contributed by atoms with E-state index in [-0.39, 0.29) is 24.2 Å². The van der Waals surface area contributed by atoms with E-state index in [1.165, 1.54) is 29.2 Å². The number of rotatable bonds is 5. The minimum absolute atomic E-state index is 0.144. The maximum atomic E-state index is 13.0. The third-order valence-electron chi connectivity index (χ3n) is 4.65. The zero-order valence-corrected chi connectivity index (χ0v) is 14.3. The van der Waals surface area contributed by atoms with Gasteiger partial charge in [0.05, 0.1) is 5.92 Å². The van der Waals surface area contributed by atoms with E-state index in [4.69, 9.17) is 4.74 Å². The summed E-state index contributed by atoms with van der Waals surface area (Å²) in [4.78, 5) is 25.9. The highest BCUT2D eigenvalue weighted by Crippen LogP contribution is 2.33. The number of amides is 1. The van der Waals surface area contributed by atoms with Crippen molar-refractivity contribution in [2.75, 3.05) is 13.1 Å². The van der Waals surface area contributed by atoms with Crippen LogP contribution in [0.2, 0.25) is 0 Å². The summed E-state index contributed by atoms with van der Waals surface area (Å²) in [6.07, 6.45) is -0.788. The number of benzene rings is 2. The molecule has 1 aliphatic heterocycles. The predicted molar refractivity (Wildman–Crippen MR) is 93.4 cm³/mol. The third kappa shape index (κ3) is 3.85. The average molecular weight is 357 g/mol. The molecule has 0 saturated carbocycles. The lowest BCUT2D eigenvalue weighted by atomic mass is 9.89. The van der Waals surface area contributed by atoms with Gasteiger partial charge < -0.3 is 14.7 Å². The number of carboxylic acid groups (broad SMARTS) is 1. The quantitative estimate of drug-likeness (QED) is 0.893. The Kier molecular flexibility index (Phi) is 5.21. The number of likely N-dealkylation sites (tertiary alicyclic amines) is 1. The van der Waals surface area contributed by atoms with Gasteiger partial charge in [0.1, 0.15) is 11.6 Å². The number of hydrogen-bond acceptors (Lipinski definition) is 3. The number of carboxylic acids is 1. The van der Waals surface area contributed by atoms with Gasteiger partial charge in [-0.1, -0.05) is 30.3 Å². The molecular weight excluding hydrogens is 337 g/mol.